The van der Waals surface area contributed by atoms with E-state index in [0.717, 1.165) is 7.11 Å². The summed E-state index contributed by atoms with van der Waals surface area (Å²) in [5.74, 6) is -3.92. The summed E-state index contributed by atoms with van der Waals surface area (Å²) in [4.78, 5) is 34.9. The van der Waals surface area contributed by atoms with Crippen LogP contribution in [0.3, 0.4) is 0 Å². The molecule has 0 saturated heterocycles. The number of ether oxygens (including phenoxy) is 1. The van der Waals surface area contributed by atoms with Crippen LogP contribution < -0.4 is 0 Å². The fourth-order valence-corrected chi connectivity index (χ4v) is 5.92. The van der Waals surface area contributed by atoms with E-state index in [1.54, 1.807) is 0 Å². The number of hydrogen-bond donors (Lipinski definition) is 2. The Morgan fingerprint density at radius 3 is 2.36 bits per heavy atom. The summed E-state index contributed by atoms with van der Waals surface area (Å²) in [5, 5.41) is 18.4. The van der Waals surface area contributed by atoms with Crippen LogP contribution in [0.2, 0.25) is 0 Å². The summed E-state index contributed by atoms with van der Waals surface area (Å²) in [6, 6.07) is 0. The molecule has 4 unspecified atom stereocenters. The number of hydrogen-bond acceptors (Lipinski definition) is 8. The molecule has 0 aromatic carbocycles. The van der Waals surface area contributed by atoms with Crippen molar-refractivity contribution in [2.45, 2.75) is 45.3 Å². The highest BCUT2D eigenvalue weighted by atomic mass is 32.2. The molecule has 0 spiro atoms. The number of rotatable bonds is 7. The van der Waals surface area contributed by atoms with Gasteiger partial charge in [0.1, 0.15) is 5.78 Å². The Morgan fingerprint density at radius 1 is 1.36 bits per heavy atom. The number of carboxylic acids is 1. The summed E-state index contributed by atoms with van der Waals surface area (Å²) in [6.07, 6.45) is -3.26. The number of methoxy groups -OCH3 is 1. The zero-order valence-corrected chi connectivity index (χ0v) is 15.0. The van der Waals surface area contributed by atoms with E-state index in [9.17, 15) is 27.9 Å². The zero-order valence-electron chi connectivity index (χ0n) is 14.2. The highest BCUT2D eigenvalue weighted by Gasteiger charge is 2.65. The first-order chi connectivity index (χ1) is 11.4. The molecule has 0 radical (unpaired) electrons. The molecule has 142 valence electrons. The molecule has 2 fully saturated rings. The summed E-state index contributed by atoms with van der Waals surface area (Å²) in [5.41, 5.74) is -1.68. The van der Waals surface area contributed by atoms with E-state index in [-0.39, 0.29) is 11.7 Å². The number of esters is 1. The molecule has 0 heterocycles. The molecule has 0 aromatic heterocycles. The van der Waals surface area contributed by atoms with Crippen molar-refractivity contribution in [2.75, 3.05) is 12.9 Å². The Balaban J connectivity index is 2.28. The Labute approximate surface area is 145 Å². The Bertz CT molecular complexity index is 696. The molecule has 10 heteroatoms. The molecule has 2 aliphatic rings. The van der Waals surface area contributed by atoms with Gasteiger partial charge in [-0.2, -0.15) is 8.42 Å². The first kappa shape index (κ1) is 19.8. The molecule has 2 N–H and O–H groups in total. The molecule has 9 nitrogen and oxygen atoms in total. The van der Waals surface area contributed by atoms with Gasteiger partial charge < -0.3 is 14.9 Å². The number of ketones is 1. The molecule has 0 aliphatic heterocycles. The first-order valence-corrected chi connectivity index (χ1v) is 9.38. The first-order valence-electron chi connectivity index (χ1n) is 7.81. The Morgan fingerprint density at radius 2 is 1.96 bits per heavy atom. The second-order valence-electron chi connectivity index (χ2n) is 7.19. The van der Waals surface area contributed by atoms with Gasteiger partial charge in [0.05, 0.1) is 18.3 Å². The van der Waals surface area contributed by atoms with E-state index in [4.69, 9.17) is 5.11 Å². The molecule has 2 bridgehead atoms. The van der Waals surface area contributed by atoms with E-state index in [1.165, 1.54) is 0 Å². The molecule has 25 heavy (non-hydrogen) atoms. The summed E-state index contributed by atoms with van der Waals surface area (Å²) < 4.78 is 33.9. The lowest BCUT2D eigenvalue weighted by atomic mass is 9.70. The van der Waals surface area contributed by atoms with Crippen LogP contribution in [-0.2, 0) is 33.4 Å². The third kappa shape index (κ3) is 3.18. The van der Waals surface area contributed by atoms with Gasteiger partial charge in [0.15, 0.2) is 6.10 Å². The van der Waals surface area contributed by atoms with Crippen molar-refractivity contribution < 1.29 is 41.9 Å². The summed E-state index contributed by atoms with van der Waals surface area (Å²) in [7, 11) is -3.58. The molecule has 2 aliphatic carbocycles. The Kier molecular flexibility index (Phi) is 5.01. The number of carboxylic acid groups (broad SMARTS) is 1. The number of carbonyl (C=O) groups is 3. The third-order valence-electron chi connectivity index (χ3n) is 5.79. The molecule has 0 amide bonds. The predicted octanol–water partition coefficient (Wildman–Crippen LogP) is -0.285. The number of Topliss-reactive ketones (excluding diaryl/α,β-unsaturated/α-hetero) is 1. The fourth-order valence-electron chi connectivity index (χ4n) is 4.07. The molecule has 0 aromatic rings. The lowest BCUT2D eigenvalue weighted by molar-refractivity contribution is -0.165. The van der Waals surface area contributed by atoms with Gasteiger partial charge in [-0.3, -0.25) is 8.98 Å². The second kappa shape index (κ2) is 6.33. The molecule has 2 rings (SSSR count). The van der Waals surface area contributed by atoms with E-state index in [1.807, 2.05) is 13.8 Å². The topological polar surface area (TPSA) is 144 Å². The minimum Gasteiger partial charge on any atom is -0.479 e. The smallest absolute Gasteiger partial charge is 0.339 e. The number of fused-ring (bicyclic) bond motifs is 2. The van der Waals surface area contributed by atoms with Crippen LogP contribution in [0.5, 0.6) is 0 Å². The van der Waals surface area contributed by atoms with Crippen LogP contribution in [0.1, 0.15) is 33.1 Å². The van der Waals surface area contributed by atoms with Gasteiger partial charge in [-0.25, -0.2) is 9.59 Å². The predicted molar refractivity (Wildman–Crippen MR) is 82.9 cm³/mol. The number of aliphatic hydroxyl groups is 1. The van der Waals surface area contributed by atoms with Gasteiger partial charge in [0, 0.05) is 6.42 Å². The van der Waals surface area contributed by atoms with E-state index in [2.05, 4.69) is 8.92 Å². The van der Waals surface area contributed by atoms with Gasteiger partial charge in [0.2, 0.25) is 6.10 Å². The quantitative estimate of drug-likeness (QED) is 0.451. The maximum absolute atomic E-state index is 12.5. The van der Waals surface area contributed by atoms with Crippen LogP contribution in [0.15, 0.2) is 0 Å². The van der Waals surface area contributed by atoms with Crippen LogP contribution in [0.4, 0.5) is 0 Å². The van der Waals surface area contributed by atoms with Crippen molar-refractivity contribution in [1.29, 1.82) is 0 Å². The maximum Gasteiger partial charge on any atom is 0.339 e. The number of aliphatic carboxylic acids is 1. The largest absolute Gasteiger partial charge is 0.479 e. The standard InChI is InChI=1S/C15H22O9S/c1-14(2)8-4-5-15(14,9(16)6-8)7-25(21,22)24-11(13(20)23-3)10(17)12(18)19/h8,10-11,17H,4-7H2,1-3H3,(H,18,19). The van der Waals surface area contributed by atoms with Gasteiger partial charge in [-0.05, 0) is 24.2 Å². The van der Waals surface area contributed by atoms with Crippen molar-refractivity contribution in [2.24, 2.45) is 16.7 Å². The second-order valence-corrected chi connectivity index (χ2v) is 8.79. The lowest BCUT2D eigenvalue weighted by Crippen LogP contribution is -2.47. The minimum absolute atomic E-state index is 0.0798. The maximum atomic E-state index is 12.5. The zero-order chi connectivity index (χ0) is 19.2. The van der Waals surface area contributed by atoms with Crippen molar-refractivity contribution in [3.05, 3.63) is 0 Å². The van der Waals surface area contributed by atoms with Gasteiger partial charge >= 0.3 is 11.9 Å². The van der Waals surface area contributed by atoms with Crippen LogP contribution >= 0.6 is 0 Å². The van der Waals surface area contributed by atoms with Crippen LogP contribution in [0, 0.1) is 16.7 Å². The van der Waals surface area contributed by atoms with Crippen molar-refractivity contribution in [3.63, 3.8) is 0 Å². The summed E-state index contributed by atoms with van der Waals surface area (Å²) in [6.45, 7) is 3.66. The van der Waals surface area contributed by atoms with Gasteiger partial charge in [0.25, 0.3) is 10.1 Å². The van der Waals surface area contributed by atoms with Crippen molar-refractivity contribution >= 4 is 27.8 Å². The van der Waals surface area contributed by atoms with E-state index in [0.29, 0.717) is 19.3 Å². The normalized spacial score (nSPS) is 30.1. The van der Waals surface area contributed by atoms with Crippen LogP contribution in [-0.4, -0.2) is 61.4 Å². The van der Waals surface area contributed by atoms with E-state index >= 15 is 0 Å². The summed E-state index contributed by atoms with van der Waals surface area (Å²) >= 11 is 0. The highest BCUT2D eigenvalue weighted by Crippen LogP contribution is 2.64. The van der Waals surface area contributed by atoms with Gasteiger partial charge in [-0.15, -0.1) is 0 Å². The molecular weight excluding hydrogens is 356 g/mol. The van der Waals surface area contributed by atoms with E-state index < -0.39 is 50.8 Å². The molecule has 2 saturated carbocycles. The monoisotopic (exact) mass is 378 g/mol. The molecule has 4 atom stereocenters. The minimum atomic E-state index is -4.49. The molecular formula is C15H22O9S. The van der Waals surface area contributed by atoms with Crippen molar-refractivity contribution in [1.82, 2.24) is 0 Å². The lowest BCUT2D eigenvalue weighted by Gasteiger charge is -2.36. The van der Waals surface area contributed by atoms with Gasteiger partial charge in [-0.1, -0.05) is 13.8 Å². The fraction of sp³-hybridized carbons (Fsp3) is 0.800. The average Bonchev–Trinajstić information content (AvgIpc) is 2.84. The Hall–Kier alpha value is -1.52. The number of aliphatic hydroxyl groups excluding tert-OH is 1. The third-order valence-corrected chi connectivity index (χ3v) is 7.13. The SMILES string of the molecule is COC(=O)C(OS(=O)(=O)CC12CCC(CC1=O)C2(C)C)C(O)C(=O)O. The van der Waals surface area contributed by atoms with Crippen LogP contribution in [0.25, 0.3) is 0 Å². The van der Waals surface area contributed by atoms with Crippen molar-refractivity contribution in [3.8, 4) is 0 Å². The highest BCUT2D eigenvalue weighted by molar-refractivity contribution is 7.86. The average molecular weight is 378 g/mol. The number of carbonyl (C=O) groups excluding carboxylic acids is 2.